The lowest BCUT2D eigenvalue weighted by atomic mass is 9.92. The summed E-state index contributed by atoms with van der Waals surface area (Å²) in [5.41, 5.74) is 6.95. The molecule has 1 fully saturated rings. The monoisotopic (exact) mass is 206 g/mol. The predicted molar refractivity (Wildman–Crippen MR) is 59.1 cm³/mol. The summed E-state index contributed by atoms with van der Waals surface area (Å²) in [6.07, 6.45) is 3.45. The van der Waals surface area contributed by atoms with Gasteiger partial charge in [-0.1, -0.05) is 0 Å². The van der Waals surface area contributed by atoms with Gasteiger partial charge >= 0.3 is 5.97 Å². The van der Waals surface area contributed by atoms with Crippen LogP contribution < -0.4 is 11.1 Å². The van der Waals surface area contributed by atoms with Crippen LogP contribution in [0.15, 0.2) is 18.2 Å². The minimum atomic E-state index is -0.941. The molecule has 80 valence electrons. The summed E-state index contributed by atoms with van der Waals surface area (Å²) in [4.78, 5) is 11.0. The van der Waals surface area contributed by atoms with Crippen molar-refractivity contribution in [1.29, 1.82) is 0 Å². The summed E-state index contributed by atoms with van der Waals surface area (Å²) in [5, 5.41) is 12.2. The molecule has 1 aromatic rings. The van der Waals surface area contributed by atoms with E-state index in [9.17, 15) is 4.79 Å². The highest BCUT2D eigenvalue weighted by Crippen LogP contribution is 2.26. The van der Waals surface area contributed by atoms with Gasteiger partial charge in [-0.25, -0.2) is 4.79 Å². The van der Waals surface area contributed by atoms with Gasteiger partial charge in [0, 0.05) is 17.4 Å². The normalized spacial score (nSPS) is 15.7. The van der Waals surface area contributed by atoms with E-state index in [2.05, 4.69) is 5.32 Å². The number of benzene rings is 1. The van der Waals surface area contributed by atoms with Crippen LogP contribution in [-0.2, 0) is 0 Å². The van der Waals surface area contributed by atoms with E-state index in [0.29, 0.717) is 17.4 Å². The van der Waals surface area contributed by atoms with Gasteiger partial charge in [-0.2, -0.15) is 0 Å². The predicted octanol–water partition coefficient (Wildman–Crippen LogP) is 1.93. The van der Waals surface area contributed by atoms with E-state index < -0.39 is 5.97 Å². The lowest BCUT2D eigenvalue weighted by molar-refractivity contribution is 0.0698. The van der Waals surface area contributed by atoms with E-state index in [0.717, 1.165) is 12.8 Å². The molecule has 4 nitrogen and oxygen atoms in total. The smallest absolute Gasteiger partial charge is 0.337 e. The molecule has 4 N–H and O–H groups in total. The average Bonchev–Trinajstić information content (AvgIpc) is 2.12. The number of carboxylic acids is 1. The van der Waals surface area contributed by atoms with Crippen molar-refractivity contribution in [2.24, 2.45) is 0 Å². The Morgan fingerprint density at radius 1 is 1.47 bits per heavy atom. The fraction of sp³-hybridized carbons (Fsp3) is 0.364. The van der Waals surface area contributed by atoms with Crippen LogP contribution in [0.1, 0.15) is 29.6 Å². The third-order valence-corrected chi connectivity index (χ3v) is 2.74. The van der Waals surface area contributed by atoms with Gasteiger partial charge < -0.3 is 16.2 Å². The molecule has 0 spiro atoms. The fourth-order valence-corrected chi connectivity index (χ4v) is 1.64. The van der Waals surface area contributed by atoms with Crippen LogP contribution in [0.4, 0.5) is 11.4 Å². The SMILES string of the molecule is Nc1ccc(NC2CCC2)c(C(=O)O)c1. The number of carbonyl (C=O) groups is 1. The maximum Gasteiger partial charge on any atom is 0.337 e. The highest BCUT2D eigenvalue weighted by Gasteiger charge is 2.19. The third kappa shape index (κ3) is 2.03. The lowest BCUT2D eigenvalue weighted by Crippen LogP contribution is -2.27. The first-order chi connectivity index (χ1) is 7.16. The Hall–Kier alpha value is -1.71. The topological polar surface area (TPSA) is 75.3 Å². The second-order valence-electron chi connectivity index (χ2n) is 3.88. The molecule has 0 atom stereocenters. The number of nitrogens with one attached hydrogen (secondary N) is 1. The molecule has 0 saturated heterocycles. The van der Waals surface area contributed by atoms with Gasteiger partial charge in [0.05, 0.1) is 5.56 Å². The largest absolute Gasteiger partial charge is 0.478 e. The molecular weight excluding hydrogens is 192 g/mol. The zero-order valence-corrected chi connectivity index (χ0v) is 8.36. The number of anilines is 2. The van der Waals surface area contributed by atoms with Gasteiger partial charge in [-0.05, 0) is 37.5 Å². The van der Waals surface area contributed by atoms with E-state index in [-0.39, 0.29) is 5.56 Å². The third-order valence-electron chi connectivity index (χ3n) is 2.74. The number of carboxylic acid groups (broad SMARTS) is 1. The van der Waals surface area contributed by atoms with Crippen molar-refractivity contribution in [2.75, 3.05) is 11.1 Å². The molecule has 1 aromatic carbocycles. The van der Waals surface area contributed by atoms with E-state index in [1.807, 2.05) is 0 Å². The number of nitrogens with two attached hydrogens (primary N) is 1. The van der Waals surface area contributed by atoms with Gasteiger partial charge in [0.2, 0.25) is 0 Å². The summed E-state index contributed by atoms with van der Waals surface area (Å²) in [6, 6.07) is 5.36. The molecule has 0 aliphatic heterocycles. The summed E-state index contributed by atoms with van der Waals surface area (Å²) in [6.45, 7) is 0. The van der Waals surface area contributed by atoms with Crippen molar-refractivity contribution in [2.45, 2.75) is 25.3 Å². The van der Waals surface area contributed by atoms with Crippen molar-refractivity contribution < 1.29 is 9.90 Å². The number of aromatic carboxylic acids is 1. The Morgan fingerprint density at radius 3 is 2.73 bits per heavy atom. The average molecular weight is 206 g/mol. The minimum Gasteiger partial charge on any atom is -0.478 e. The number of hydrogen-bond acceptors (Lipinski definition) is 3. The fourth-order valence-electron chi connectivity index (χ4n) is 1.64. The maximum atomic E-state index is 11.0. The first-order valence-corrected chi connectivity index (χ1v) is 5.06. The zero-order valence-electron chi connectivity index (χ0n) is 8.36. The van der Waals surface area contributed by atoms with Crippen LogP contribution in [0.2, 0.25) is 0 Å². The summed E-state index contributed by atoms with van der Waals surface area (Å²) >= 11 is 0. The van der Waals surface area contributed by atoms with Crippen LogP contribution in [0.25, 0.3) is 0 Å². The summed E-state index contributed by atoms with van der Waals surface area (Å²) in [5.74, 6) is -0.941. The molecule has 0 unspecified atom stereocenters. The van der Waals surface area contributed by atoms with E-state index in [1.165, 1.54) is 12.5 Å². The Labute approximate surface area is 88.1 Å². The van der Waals surface area contributed by atoms with Crippen LogP contribution in [0.3, 0.4) is 0 Å². The second kappa shape index (κ2) is 3.81. The first kappa shape index (κ1) is 9.83. The van der Waals surface area contributed by atoms with Crippen LogP contribution in [0.5, 0.6) is 0 Å². The Balaban J connectivity index is 2.23. The van der Waals surface area contributed by atoms with Gasteiger partial charge in [0.15, 0.2) is 0 Å². The van der Waals surface area contributed by atoms with Gasteiger partial charge in [0.1, 0.15) is 0 Å². The quantitative estimate of drug-likeness (QED) is 0.660. The van der Waals surface area contributed by atoms with Crippen molar-refractivity contribution >= 4 is 17.3 Å². The minimum absolute atomic E-state index is 0.252. The van der Waals surface area contributed by atoms with Crippen molar-refractivity contribution in [3.05, 3.63) is 23.8 Å². The first-order valence-electron chi connectivity index (χ1n) is 5.06. The number of nitrogen functional groups attached to an aromatic ring is 1. The van der Waals surface area contributed by atoms with Crippen molar-refractivity contribution in [1.82, 2.24) is 0 Å². The Morgan fingerprint density at radius 2 is 2.20 bits per heavy atom. The molecule has 0 aromatic heterocycles. The molecule has 0 amide bonds. The molecule has 2 rings (SSSR count). The summed E-state index contributed by atoms with van der Waals surface area (Å²) in [7, 11) is 0. The molecular formula is C11H14N2O2. The van der Waals surface area contributed by atoms with E-state index in [4.69, 9.17) is 10.8 Å². The van der Waals surface area contributed by atoms with Crippen molar-refractivity contribution in [3.8, 4) is 0 Å². The molecule has 0 heterocycles. The molecule has 1 saturated carbocycles. The Kier molecular flexibility index (Phi) is 2.49. The Bertz CT molecular complexity index is 386. The molecule has 4 heteroatoms. The molecule has 1 aliphatic carbocycles. The van der Waals surface area contributed by atoms with Crippen LogP contribution in [-0.4, -0.2) is 17.1 Å². The standard InChI is InChI=1S/C11H14N2O2/c12-7-4-5-10(9(6-7)11(14)15)13-8-2-1-3-8/h4-6,8,13H,1-3,12H2,(H,14,15). The van der Waals surface area contributed by atoms with Crippen molar-refractivity contribution in [3.63, 3.8) is 0 Å². The van der Waals surface area contributed by atoms with E-state index in [1.54, 1.807) is 12.1 Å². The van der Waals surface area contributed by atoms with Gasteiger partial charge in [-0.3, -0.25) is 0 Å². The van der Waals surface area contributed by atoms with Gasteiger partial charge in [0.25, 0.3) is 0 Å². The second-order valence-corrected chi connectivity index (χ2v) is 3.88. The molecule has 15 heavy (non-hydrogen) atoms. The number of rotatable bonds is 3. The maximum absolute atomic E-state index is 11.0. The summed E-state index contributed by atoms with van der Waals surface area (Å²) < 4.78 is 0. The molecule has 0 bridgehead atoms. The molecule has 0 radical (unpaired) electrons. The highest BCUT2D eigenvalue weighted by molar-refractivity contribution is 5.95. The van der Waals surface area contributed by atoms with Crippen LogP contribution >= 0.6 is 0 Å². The van der Waals surface area contributed by atoms with Gasteiger partial charge in [-0.15, -0.1) is 0 Å². The number of hydrogen-bond donors (Lipinski definition) is 3. The highest BCUT2D eigenvalue weighted by atomic mass is 16.4. The lowest BCUT2D eigenvalue weighted by Gasteiger charge is -2.28. The molecule has 1 aliphatic rings. The zero-order chi connectivity index (χ0) is 10.8. The van der Waals surface area contributed by atoms with E-state index >= 15 is 0 Å². The van der Waals surface area contributed by atoms with Crippen LogP contribution in [0, 0.1) is 0 Å².